The van der Waals surface area contributed by atoms with Gasteiger partial charge in [0.05, 0.1) is 0 Å². The Morgan fingerprint density at radius 1 is 1.17 bits per heavy atom. The van der Waals surface area contributed by atoms with E-state index in [-0.39, 0.29) is 5.41 Å². The molecule has 0 N–H and O–H groups in total. The van der Waals surface area contributed by atoms with E-state index in [1.165, 1.54) is 24.5 Å². The molecule has 0 aromatic heterocycles. The molecule has 2 aliphatic rings. The molecular formula is C17H26Si. The van der Waals surface area contributed by atoms with E-state index in [1.54, 1.807) is 0 Å². The third-order valence-electron chi connectivity index (χ3n) is 3.86. The molecule has 1 atom stereocenters. The minimum absolute atomic E-state index is 0.208. The fourth-order valence-corrected chi connectivity index (χ4v) is 4.81. The van der Waals surface area contributed by atoms with Gasteiger partial charge in [0.15, 0.2) is 0 Å². The summed E-state index contributed by atoms with van der Waals surface area (Å²) < 4.78 is 0. The molecule has 1 heteroatoms. The molecule has 0 aliphatic heterocycles. The van der Waals surface area contributed by atoms with Gasteiger partial charge in [-0.25, -0.2) is 0 Å². The molecule has 0 saturated heterocycles. The van der Waals surface area contributed by atoms with E-state index in [0.717, 1.165) is 0 Å². The van der Waals surface area contributed by atoms with Gasteiger partial charge in [0.2, 0.25) is 0 Å². The zero-order valence-electron chi connectivity index (χ0n) is 12.2. The molecule has 0 bridgehead atoms. The minimum atomic E-state index is -0.966. The van der Waals surface area contributed by atoms with Crippen LogP contribution in [0.5, 0.6) is 0 Å². The van der Waals surface area contributed by atoms with Gasteiger partial charge in [-0.05, 0) is 24.0 Å². The quantitative estimate of drug-likeness (QED) is 0.583. The van der Waals surface area contributed by atoms with Gasteiger partial charge in [-0.15, -0.1) is 0 Å². The first-order valence-corrected chi connectivity index (χ1v) is 10.9. The smallest absolute Gasteiger partial charge is 0.0451 e. The van der Waals surface area contributed by atoms with E-state index in [4.69, 9.17) is 0 Å². The summed E-state index contributed by atoms with van der Waals surface area (Å²) in [5, 5.41) is 0. The third-order valence-corrected chi connectivity index (χ3v) is 5.56. The molecule has 2 rings (SSSR count). The molecule has 0 spiro atoms. The lowest BCUT2D eigenvalue weighted by atomic mass is 9.78. The van der Waals surface area contributed by atoms with E-state index in [0.29, 0.717) is 5.92 Å². The molecule has 0 fully saturated rings. The van der Waals surface area contributed by atoms with Gasteiger partial charge >= 0.3 is 0 Å². The van der Waals surface area contributed by atoms with Crippen LogP contribution in [0.25, 0.3) is 0 Å². The summed E-state index contributed by atoms with van der Waals surface area (Å²) in [6.45, 7) is 9.66. The van der Waals surface area contributed by atoms with E-state index < -0.39 is 8.07 Å². The highest BCUT2D eigenvalue weighted by Crippen LogP contribution is 2.43. The van der Waals surface area contributed by atoms with Crippen molar-refractivity contribution < 1.29 is 0 Å². The average molecular weight is 258 g/mol. The molecular weight excluding hydrogens is 232 g/mol. The van der Waals surface area contributed by atoms with E-state index in [9.17, 15) is 0 Å². The lowest BCUT2D eigenvalue weighted by molar-refractivity contribution is 0.538. The van der Waals surface area contributed by atoms with Crippen LogP contribution in [-0.4, -0.2) is 8.07 Å². The van der Waals surface area contributed by atoms with Gasteiger partial charge in [0.25, 0.3) is 0 Å². The second kappa shape index (κ2) is 5.04. The van der Waals surface area contributed by atoms with Crippen LogP contribution in [0.1, 0.15) is 19.8 Å². The van der Waals surface area contributed by atoms with Gasteiger partial charge in [0.1, 0.15) is 0 Å². The lowest BCUT2D eigenvalue weighted by Crippen LogP contribution is -2.22. The maximum absolute atomic E-state index is 2.52. The molecule has 0 saturated carbocycles. The van der Waals surface area contributed by atoms with Crippen molar-refractivity contribution in [2.24, 2.45) is 11.3 Å². The zero-order valence-corrected chi connectivity index (χ0v) is 13.2. The van der Waals surface area contributed by atoms with Crippen molar-refractivity contribution in [3.63, 3.8) is 0 Å². The predicted molar refractivity (Wildman–Crippen MR) is 84.5 cm³/mol. The number of hydrogen-bond donors (Lipinski definition) is 0. The first-order chi connectivity index (χ1) is 8.45. The Hall–Kier alpha value is -0.823. The van der Waals surface area contributed by atoms with Gasteiger partial charge in [-0.3, -0.25) is 0 Å². The summed E-state index contributed by atoms with van der Waals surface area (Å²) in [5.41, 5.74) is 1.73. The Labute approximate surface area is 113 Å². The van der Waals surface area contributed by atoms with E-state index in [2.05, 4.69) is 69.1 Å². The molecule has 0 nitrogen and oxygen atoms in total. The molecule has 0 aromatic rings. The van der Waals surface area contributed by atoms with Crippen molar-refractivity contribution in [3.05, 3.63) is 48.1 Å². The summed E-state index contributed by atoms with van der Waals surface area (Å²) >= 11 is 0. The normalized spacial score (nSPS) is 24.9. The van der Waals surface area contributed by atoms with Crippen LogP contribution in [0.4, 0.5) is 0 Å². The fourth-order valence-electron chi connectivity index (χ4n) is 3.14. The summed E-state index contributed by atoms with van der Waals surface area (Å²) in [5.74, 6) is 0.683. The largest absolute Gasteiger partial charge is 0.0776 e. The SMILES string of the molecule is CCCC1(C2=CC(C[Si](C)(C)C)C=C2)C=CC=C1. The van der Waals surface area contributed by atoms with Crippen molar-refractivity contribution in [1.29, 1.82) is 0 Å². The highest BCUT2D eigenvalue weighted by atomic mass is 28.3. The molecule has 1 unspecified atom stereocenters. The van der Waals surface area contributed by atoms with Crippen molar-refractivity contribution >= 4 is 8.07 Å². The maximum Gasteiger partial charge on any atom is 0.0451 e. The van der Waals surface area contributed by atoms with Crippen LogP contribution in [-0.2, 0) is 0 Å². The van der Waals surface area contributed by atoms with Crippen LogP contribution < -0.4 is 0 Å². The summed E-state index contributed by atoms with van der Waals surface area (Å²) in [6, 6.07) is 1.38. The lowest BCUT2D eigenvalue weighted by Gasteiger charge is -2.26. The number of hydrogen-bond acceptors (Lipinski definition) is 0. The van der Waals surface area contributed by atoms with Crippen molar-refractivity contribution in [2.75, 3.05) is 0 Å². The minimum Gasteiger partial charge on any atom is -0.0776 e. The average Bonchev–Trinajstić information content (AvgIpc) is 2.85. The Balaban J connectivity index is 2.15. The first kappa shape index (κ1) is 13.6. The van der Waals surface area contributed by atoms with E-state index in [1.807, 2.05) is 0 Å². The van der Waals surface area contributed by atoms with Crippen molar-refractivity contribution in [1.82, 2.24) is 0 Å². The Bertz CT molecular complexity index is 403. The predicted octanol–water partition coefficient (Wildman–Crippen LogP) is 5.35. The van der Waals surface area contributed by atoms with Crippen LogP contribution in [0, 0.1) is 11.3 Å². The number of rotatable bonds is 5. The van der Waals surface area contributed by atoms with Gasteiger partial charge in [-0.2, -0.15) is 0 Å². The van der Waals surface area contributed by atoms with Crippen molar-refractivity contribution in [3.8, 4) is 0 Å². The maximum atomic E-state index is 2.52. The molecule has 0 radical (unpaired) electrons. The molecule has 0 amide bonds. The first-order valence-electron chi connectivity index (χ1n) is 7.23. The van der Waals surface area contributed by atoms with Gasteiger partial charge in [0, 0.05) is 13.5 Å². The Morgan fingerprint density at radius 3 is 2.39 bits per heavy atom. The molecule has 2 aliphatic carbocycles. The second-order valence-corrected chi connectivity index (χ2v) is 12.4. The van der Waals surface area contributed by atoms with Crippen LogP contribution in [0.2, 0.25) is 25.7 Å². The molecule has 0 heterocycles. The van der Waals surface area contributed by atoms with Gasteiger partial charge in [-0.1, -0.05) is 75.5 Å². The summed E-state index contributed by atoms with van der Waals surface area (Å²) in [4.78, 5) is 0. The number of allylic oxidation sites excluding steroid dienone is 8. The van der Waals surface area contributed by atoms with E-state index >= 15 is 0 Å². The molecule has 18 heavy (non-hydrogen) atoms. The topological polar surface area (TPSA) is 0 Å². The Kier molecular flexibility index (Phi) is 3.81. The standard InChI is InChI=1S/C17H26Si/c1-5-10-17(11-6-7-12-17)16-9-8-15(13-16)14-18(2,3)4/h6-9,11-13,15H,5,10,14H2,1-4H3. The van der Waals surface area contributed by atoms with Gasteiger partial charge < -0.3 is 0 Å². The zero-order chi connectivity index (χ0) is 13.2. The summed E-state index contributed by atoms with van der Waals surface area (Å²) in [6.07, 6.45) is 19.0. The Morgan fingerprint density at radius 2 is 1.83 bits per heavy atom. The fraction of sp³-hybridized carbons (Fsp3) is 0.529. The summed E-state index contributed by atoms with van der Waals surface area (Å²) in [7, 11) is -0.966. The second-order valence-electron chi connectivity index (χ2n) is 6.92. The highest BCUT2D eigenvalue weighted by molar-refractivity contribution is 6.76. The van der Waals surface area contributed by atoms with Crippen LogP contribution in [0.3, 0.4) is 0 Å². The molecule has 98 valence electrons. The van der Waals surface area contributed by atoms with Crippen LogP contribution >= 0.6 is 0 Å². The van der Waals surface area contributed by atoms with Crippen LogP contribution in [0.15, 0.2) is 48.1 Å². The monoisotopic (exact) mass is 258 g/mol. The van der Waals surface area contributed by atoms with Crippen molar-refractivity contribution in [2.45, 2.75) is 45.5 Å². The highest BCUT2D eigenvalue weighted by Gasteiger charge is 2.31. The molecule has 0 aromatic carbocycles. The third kappa shape index (κ3) is 2.95.